The Hall–Kier alpha value is -2.87. The summed E-state index contributed by atoms with van der Waals surface area (Å²) in [5, 5.41) is 14.6. The molecule has 0 spiro atoms. The van der Waals surface area contributed by atoms with Gasteiger partial charge in [-0.25, -0.2) is 4.79 Å². The van der Waals surface area contributed by atoms with Crippen LogP contribution in [0.25, 0.3) is 11.3 Å². The summed E-state index contributed by atoms with van der Waals surface area (Å²) in [6.45, 7) is 2.10. The number of fused-ring (bicyclic) bond motifs is 2. The first kappa shape index (κ1) is 24.5. The maximum Gasteiger partial charge on any atom is 0.335 e. The van der Waals surface area contributed by atoms with Gasteiger partial charge in [-0.15, -0.1) is 0 Å². The Morgan fingerprint density at radius 3 is 2.65 bits per heavy atom. The van der Waals surface area contributed by atoms with Crippen LogP contribution in [0.15, 0.2) is 40.9 Å². The molecule has 1 aromatic heterocycles. The van der Waals surface area contributed by atoms with Gasteiger partial charge >= 0.3 is 5.97 Å². The fourth-order valence-corrected chi connectivity index (χ4v) is 6.43. The quantitative estimate of drug-likeness (QED) is 0.355. The van der Waals surface area contributed by atoms with Gasteiger partial charge in [0.2, 0.25) is 5.91 Å². The van der Waals surface area contributed by atoms with Crippen LogP contribution in [0.4, 0.5) is 5.69 Å². The van der Waals surface area contributed by atoms with Gasteiger partial charge in [0.25, 0.3) is 0 Å². The van der Waals surface area contributed by atoms with Crippen LogP contribution in [0.2, 0.25) is 10.0 Å². The first-order valence-corrected chi connectivity index (χ1v) is 13.2. The zero-order valence-corrected chi connectivity index (χ0v) is 21.8. The van der Waals surface area contributed by atoms with Gasteiger partial charge < -0.3 is 19.3 Å². The number of benzene rings is 2. The molecule has 192 valence electrons. The van der Waals surface area contributed by atoms with Crippen molar-refractivity contribution in [2.24, 2.45) is 0 Å². The molecular weight excluding hydrogens is 515 g/mol. The van der Waals surface area contributed by atoms with Gasteiger partial charge in [-0.3, -0.25) is 4.79 Å². The van der Waals surface area contributed by atoms with Crippen molar-refractivity contribution in [3.8, 4) is 11.3 Å². The van der Waals surface area contributed by atoms with Crippen molar-refractivity contribution in [1.82, 2.24) is 5.16 Å². The SMILES string of the molecule is Cc1cc(C(=O)O)ccc1N1C(=O)CC2(OCc3c(-c4c(Cl)cccc4Cl)noc3C3CC3)CC[C@H]1C2. The van der Waals surface area contributed by atoms with E-state index in [-0.39, 0.29) is 30.5 Å². The van der Waals surface area contributed by atoms with Gasteiger partial charge in [-0.1, -0.05) is 34.4 Å². The molecular formula is C28H26Cl2N2O5. The second kappa shape index (κ2) is 9.15. The molecule has 3 aromatic rings. The van der Waals surface area contributed by atoms with E-state index in [4.69, 9.17) is 32.5 Å². The van der Waals surface area contributed by atoms with Gasteiger partial charge in [-0.05, 0) is 74.9 Å². The van der Waals surface area contributed by atoms with Crippen LogP contribution in [0.3, 0.4) is 0 Å². The van der Waals surface area contributed by atoms with Crippen molar-refractivity contribution in [1.29, 1.82) is 0 Å². The minimum absolute atomic E-state index is 0.00140. The number of carboxylic acid groups (broad SMARTS) is 1. The van der Waals surface area contributed by atoms with E-state index in [1.165, 1.54) is 0 Å². The van der Waals surface area contributed by atoms with Crippen LogP contribution in [0.5, 0.6) is 0 Å². The van der Waals surface area contributed by atoms with Crippen LogP contribution in [0, 0.1) is 6.92 Å². The number of hydrogen-bond acceptors (Lipinski definition) is 5. The molecule has 1 aliphatic heterocycles. The number of amides is 1. The number of carbonyl (C=O) groups excluding carboxylic acids is 1. The zero-order valence-electron chi connectivity index (χ0n) is 20.3. The summed E-state index contributed by atoms with van der Waals surface area (Å²) in [7, 11) is 0. The second-order valence-electron chi connectivity index (χ2n) is 10.4. The van der Waals surface area contributed by atoms with Gasteiger partial charge in [0, 0.05) is 28.8 Å². The Morgan fingerprint density at radius 2 is 1.97 bits per heavy atom. The van der Waals surface area contributed by atoms with Crippen LogP contribution in [-0.4, -0.2) is 33.8 Å². The highest BCUT2D eigenvalue weighted by Gasteiger charge is 2.51. The molecule has 1 N–H and O–H groups in total. The number of rotatable bonds is 7. The first-order valence-electron chi connectivity index (χ1n) is 12.5. The van der Waals surface area contributed by atoms with E-state index in [9.17, 15) is 14.7 Å². The molecule has 9 heteroatoms. The van der Waals surface area contributed by atoms with E-state index in [1.807, 2.05) is 11.8 Å². The molecule has 2 saturated carbocycles. The normalized spacial score (nSPS) is 23.1. The molecule has 2 aliphatic carbocycles. The molecule has 1 saturated heterocycles. The maximum atomic E-state index is 13.4. The number of nitrogens with zero attached hydrogens (tertiary/aromatic N) is 2. The average molecular weight is 541 g/mol. The summed E-state index contributed by atoms with van der Waals surface area (Å²) in [6.07, 6.45) is 4.63. The highest BCUT2D eigenvalue weighted by Crippen LogP contribution is 2.49. The molecule has 37 heavy (non-hydrogen) atoms. The Morgan fingerprint density at radius 1 is 1.22 bits per heavy atom. The molecule has 2 atom stereocenters. The van der Waals surface area contributed by atoms with E-state index < -0.39 is 11.6 Å². The highest BCUT2D eigenvalue weighted by atomic mass is 35.5. The van der Waals surface area contributed by atoms with Crippen molar-refractivity contribution >= 4 is 40.8 Å². The summed E-state index contributed by atoms with van der Waals surface area (Å²) in [5.41, 5.74) is 3.27. The Bertz CT molecular complexity index is 1400. The highest BCUT2D eigenvalue weighted by molar-refractivity contribution is 6.39. The monoisotopic (exact) mass is 540 g/mol. The number of aromatic nitrogens is 1. The smallest absolute Gasteiger partial charge is 0.335 e. The lowest BCUT2D eigenvalue weighted by Gasteiger charge is -2.40. The molecule has 2 aromatic carbocycles. The van der Waals surface area contributed by atoms with Crippen molar-refractivity contribution in [2.75, 3.05) is 4.90 Å². The number of anilines is 1. The maximum absolute atomic E-state index is 13.4. The standard InChI is InChI=1S/C28H26Cl2N2O5/c1-15-11-17(27(34)35)7-8-22(15)32-18-9-10-28(12-18,13-23(32)33)36-14-19-25(31-37-26(19)16-5-6-16)24-20(29)3-2-4-21(24)30/h2-4,7-8,11,16,18H,5-6,9-10,12-14H2,1H3,(H,34,35)/t18-,28?/m0/s1. The molecule has 6 rings (SSSR count). The van der Waals surface area contributed by atoms with E-state index in [2.05, 4.69) is 5.16 Å². The van der Waals surface area contributed by atoms with Crippen molar-refractivity contribution < 1.29 is 24.0 Å². The summed E-state index contributed by atoms with van der Waals surface area (Å²) in [5.74, 6) is 0.136. The number of carboxylic acids is 1. The summed E-state index contributed by atoms with van der Waals surface area (Å²) >= 11 is 13.0. The van der Waals surface area contributed by atoms with Crippen LogP contribution >= 0.6 is 23.2 Å². The minimum Gasteiger partial charge on any atom is -0.478 e. The lowest BCUT2D eigenvalue weighted by Crippen LogP contribution is -2.49. The van der Waals surface area contributed by atoms with Crippen LogP contribution in [-0.2, 0) is 16.1 Å². The van der Waals surface area contributed by atoms with Crippen molar-refractivity contribution in [3.05, 3.63) is 68.9 Å². The number of aromatic carboxylic acids is 1. The lowest BCUT2D eigenvalue weighted by atomic mass is 9.91. The van der Waals surface area contributed by atoms with Gasteiger partial charge in [0.1, 0.15) is 11.5 Å². The molecule has 3 aliphatic rings. The van der Waals surface area contributed by atoms with E-state index >= 15 is 0 Å². The fourth-order valence-electron chi connectivity index (χ4n) is 5.85. The number of carbonyl (C=O) groups is 2. The third-order valence-corrected chi connectivity index (χ3v) is 8.47. The predicted octanol–water partition coefficient (Wildman–Crippen LogP) is 6.78. The number of hydrogen-bond donors (Lipinski definition) is 1. The molecule has 7 nitrogen and oxygen atoms in total. The molecule has 3 fully saturated rings. The average Bonchev–Trinajstić information content (AvgIpc) is 3.52. The number of ether oxygens (including phenoxy) is 1. The molecule has 0 radical (unpaired) electrons. The van der Waals surface area contributed by atoms with E-state index in [0.29, 0.717) is 33.6 Å². The topological polar surface area (TPSA) is 92.9 Å². The van der Waals surface area contributed by atoms with E-state index in [1.54, 1.807) is 36.4 Å². The second-order valence-corrected chi connectivity index (χ2v) is 11.2. The number of halogens is 2. The first-order chi connectivity index (χ1) is 17.8. The molecule has 2 bridgehead atoms. The lowest BCUT2D eigenvalue weighted by molar-refractivity contribution is -0.131. The summed E-state index contributed by atoms with van der Waals surface area (Å²) < 4.78 is 12.4. The molecule has 1 unspecified atom stereocenters. The molecule has 1 amide bonds. The van der Waals surface area contributed by atoms with Crippen LogP contribution < -0.4 is 4.90 Å². The summed E-state index contributed by atoms with van der Waals surface area (Å²) in [6, 6.07) is 10.3. The van der Waals surface area contributed by atoms with Crippen LogP contribution in [0.1, 0.15) is 71.7 Å². The molecule has 2 heterocycles. The Kier molecular flexibility index (Phi) is 6.05. The van der Waals surface area contributed by atoms with Gasteiger partial charge in [-0.2, -0.15) is 0 Å². The Labute approximate surface area is 224 Å². The van der Waals surface area contributed by atoms with Crippen molar-refractivity contribution in [2.45, 2.75) is 69.6 Å². The minimum atomic E-state index is -0.982. The number of piperidine rings is 1. The zero-order chi connectivity index (χ0) is 25.9. The van der Waals surface area contributed by atoms with E-state index in [0.717, 1.165) is 48.3 Å². The van der Waals surface area contributed by atoms with Crippen molar-refractivity contribution in [3.63, 3.8) is 0 Å². The number of aryl methyl sites for hydroxylation is 1. The van der Waals surface area contributed by atoms with Gasteiger partial charge in [0.15, 0.2) is 0 Å². The third-order valence-electron chi connectivity index (χ3n) is 7.84. The predicted molar refractivity (Wildman–Crippen MR) is 139 cm³/mol. The largest absolute Gasteiger partial charge is 0.478 e. The Balaban J connectivity index is 1.25. The van der Waals surface area contributed by atoms with Gasteiger partial charge in [0.05, 0.1) is 34.2 Å². The fraction of sp³-hybridized carbons (Fsp3) is 0.393. The third kappa shape index (κ3) is 4.33. The summed E-state index contributed by atoms with van der Waals surface area (Å²) in [4.78, 5) is 26.6.